The van der Waals surface area contributed by atoms with Crippen molar-refractivity contribution in [2.75, 3.05) is 13.1 Å². The summed E-state index contributed by atoms with van der Waals surface area (Å²) < 4.78 is 35.3. The van der Waals surface area contributed by atoms with Gasteiger partial charge in [-0.1, -0.05) is 6.08 Å². The molecule has 0 unspecified atom stereocenters. The summed E-state index contributed by atoms with van der Waals surface area (Å²) in [6.07, 6.45) is -3.08. The average Bonchev–Trinajstić information content (AvgIpc) is 1.83. The minimum Gasteiger partial charge on any atom is -0.330 e. The van der Waals surface area contributed by atoms with Gasteiger partial charge in [0.2, 0.25) is 5.91 Å². The van der Waals surface area contributed by atoms with E-state index in [0.29, 0.717) is 4.90 Å². The van der Waals surface area contributed by atoms with Gasteiger partial charge in [-0.15, -0.1) is 6.58 Å². The van der Waals surface area contributed by atoms with Gasteiger partial charge in [-0.2, -0.15) is 13.2 Å². The summed E-state index contributed by atoms with van der Waals surface area (Å²) in [4.78, 5) is 11.3. The van der Waals surface area contributed by atoms with Gasteiger partial charge in [0.05, 0.1) is 0 Å². The van der Waals surface area contributed by atoms with Gasteiger partial charge in [0.15, 0.2) is 0 Å². The number of halogens is 3. The van der Waals surface area contributed by atoms with Crippen molar-refractivity contribution in [3.05, 3.63) is 12.7 Å². The van der Waals surface area contributed by atoms with Gasteiger partial charge in [0.25, 0.3) is 0 Å². The van der Waals surface area contributed by atoms with E-state index < -0.39 is 18.6 Å². The van der Waals surface area contributed by atoms with Crippen LogP contribution in [-0.2, 0) is 4.79 Å². The zero-order valence-corrected chi connectivity index (χ0v) is 6.69. The van der Waals surface area contributed by atoms with Gasteiger partial charge >= 0.3 is 6.18 Å². The first kappa shape index (κ1) is 11.0. The molecule has 0 aliphatic carbocycles. The van der Waals surface area contributed by atoms with Crippen LogP contribution in [0.1, 0.15) is 6.92 Å². The lowest BCUT2D eigenvalue weighted by Crippen LogP contribution is -2.37. The lowest BCUT2D eigenvalue weighted by atomic mass is 10.4. The van der Waals surface area contributed by atoms with Crippen LogP contribution < -0.4 is 0 Å². The molecular formula is C7H10F3NO. The number of nitrogens with zero attached hydrogens (tertiary/aromatic N) is 1. The van der Waals surface area contributed by atoms with E-state index in [9.17, 15) is 18.0 Å². The Morgan fingerprint density at radius 2 is 2.08 bits per heavy atom. The molecule has 0 fully saturated rings. The zero-order chi connectivity index (χ0) is 9.78. The lowest BCUT2D eigenvalue weighted by molar-refractivity contribution is -0.158. The van der Waals surface area contributed by atoms with Crippen LogP contribution in [0.25, 0.3) is 0 Å². The molecule has 0 aliphatic rings. The van der Waals surface area contributed by atoms with Crippen molar-refractivity contribution in [1.29, 1.82) is 0 Å². The molecule has 1 amide bonds. The molecule has 0 aliphatic heterocycles. The van der Waals surface area contributed by atoms with Crippen LogP contribution in [0.5, 0.6) is 0 Å². The molecule has 0 saturated heterocycles. The Kier molecular flexibility index (Phi) is 3.79. The van der Waals surface area contributed by atoms with Crippen molar-refractivity contribution in [3.63, 3.8) is 0 Å². The highest BCUT2D eigenvalue weighted by Crippen LogP contribution is 2.16. The Balaban J connectivity index is 4.13. The monoisotopic (exact) mass is 181 g/mol. The van der Waals surface area contributed by atoms with Crippen LogP contribution in [0.15, 0.2) is 12.7 Å². The van der Waals surface area contributed by atoms with Crippen LogP contribution in [0.2, 0.25) is 0 Å². The largest absolute Gasteiger partial charge is 0.406 e. The van der Waals surface area contributed by atoms with E-state index in [4.69, 9.17) is 0 Å². The first-order valence-electron chi connectivity index (χ1n) is 3.30. The molecule has 0 bridgehead atoms. The van der Waals surface area contributed by atoms with Gasteiger partial charge in [-0.3, -0.25) is 4.79 Å². The maximum Gasteiger partial charge on any atom is 0.406 e. The highest BCUT2D eigenvalue weighted by atomic mass is 19.4. The van der Waals surface area contributed by atoms with Crippen molar-refractivity contribution < 1.29 is 18.0 Å². The minimum absolute atomic E-state index is 0.0746. The molecule has 12 heavy (non-hydrogen) atoms. The Morgan fingerprint density at radius 3 is 2.33 bits per heavy atom. The number of hydrogen-bond donors (Lipinski definition) is 0. The molecule has 70 valence electrons. The molecule has 0 saturated carbocycles. The maximum absolute atomic E-state index is 11.8. The molecule has 0 radical (unpaired) electrons. The Bertz CT molecular complexity index is 176. The predicted molar refractivity (Wildman–Crippen MR) is 38.5 cm³/mol. The van der Waals surface area contributed by atoms with Crippen molar-refractivity contribution in [2.45, 2.75) is 13.1 Å². The SMILES string of the molecule is C=CCN(CC(F)(F)F)C(C)=O. The molecule has 0 N–H and O–H groups in total. The fourth-order valence-corrected chi connectivity index (χ4v) is 0.677. The van der Waals surface area contributed by atoms with Crippen molar-refractivity contribution in [3.8, 4) is 0 Å². The first-order valence-corrected chi connectivity index (χ1v) is 3.30. The van der Waals surface area contributed by atoms with E-state index in [-0.39, 0.29) is 6.54 Å². The molecule has 0 aromatic rings. The van der Waals surface area contributed by atoms with E-state index in [1.165, 1.54) is 6.08 Å². The third-order valence-electron chi connectivity index (χ3n) is 1.16. The van der Waals surface area contributed by atoms with Crippen LogP contribution in [0, 0.1) is 0 Å². The molecular weight excluding hydrogens is 171 g/mol. The highest BCUT2D eigenvalue weighted by Gasteiger charge is 2.31. The summed E-state index contributed by atoms with van der Waals surface area (Å²) in [6.45, 7) is 3.06. The van der Waals surface area contributed by atoms with Gasteiger partial charge < -0.3 is 4.90 Å². The smallest absolute Gasteiger partial charge is 0.330 e. The number of rotatable bonds is 3. The molecule has 0 atom stereocenters. The van der Waals surface area contributed by atoms with Crippen LogP contribution in [0.3, 0.4) is 0 Å². The molecule has 2 nitrogen and oxygen atoms in total. The van der Waals surface area contributed by atoms with Crippen molar-refractivity contribution >= 4 is 5.91 Å². The third-order valence-corrected chi connectivity index (χ3v) is 1.16. The molecule has 5 heteroatoms. The van der Waals surface area contributed by atoms with Gasteiger partial charge in [0, 0.05) is 13.5 Å². The molecule has 0 rings (SSSR count). The number of carbonyl (C=O) groups excluding carboxylic acids is 1. The summed E-state index contributed by atoms with van der Waals surface area (Å²) in [7, 11) is 0. The summed E-state index contributed by atoms with van der Waals surface area (Å²) in [5, 5.41) is 0. The normalized spacial score (nSPS) is 11.0. The zero-order valence-electron chi connectivity index (χ0n) is 6.69. The van der Waals surface area contributed by atoms with Crippen LogP contribution in [-0.4, -0.2) is 30.1 Å². The second kappa shape index (κ2) is 4.13. The maximum atomic E-state index is 11.8. The standard InChI is InChI=1S/C7H10F3NO/c1-3-4-11(6(2)12)5-7(8,9)10/h3H,1,4-5H2,2H3. The van der Waals surface area contributed by atoms with Crippen molar-refractivity contribution in [1.82, 2.24) is 4.90 Å². The summed E-state index contributed by atoms with van der Waals surface area (Å²) in [5.41, 5.74) is 0. The fraction of sp³-hybridized carbons (Fsp3) is 0.571. The van der Waals surface area contributed by atoms with Gasteiger partial charge in [-0.05, 0) is 0 Å². The summed E-state index contributed by atoms with van der Waals surface area (Å²) in [5.74, 6) is -0.604. The van der Waals surface area contributed by atoms with Gasteiger partial charge in [-0.25, -0.2) is 0 Å². The van der Waals surface area contributed by atoms with E-state index in [2.05, 4.69) is 6.58 Å². The lowest BCUT2D eigenvalue weighted by Gasteiger charge is -2.20. The number of amides is 1. The molecule has 0 heterocycles. The Morgan fingerprint density at radius 1 is 1.58 bits per heavy atom. The highest BCUT2D eigenvalue weighted by molar-refractivity contribution is 5.73. The van der Waals surface area contributed by atoms with Crippen molar-refractivity contribution in [2.24, 2.45) is 0 Å². The molecule has 0 aromatic heterocycles. The summed E-state index contributed by atoms with van der Waals surface area (Å²) >= 11 is 0. The third kappa shape index (κ3) is 4.76. The summed E-state index contributed by atoms with van der Waals surface area (Å²) in [6, 6.07) is 0. The minimum atomic E-state index is -4.34. The predicted octanol–water partition coefficient (Wildman–Crippen LogP) is 1.58. The quantitative estimate of drug-likeness (QED) is 0.605. The van der Waals surface area contributed by atoms with E-state index >= 15 is 0 Å². The van der Waals surface area contributed by atoms with Crippen LogP contribution in [0.4, 0.5) is 13.2 Å². The molecule has 0 aromatic carbocycles. The molecule has 0 spiro atoms. The van der Waals surface area contributed by atoms with E-state index in [1.54, 1.807) is 0 Å². The number of carbonyl (C=O) groups is 1. The number of alkyl halides is 3. The second-order valence-electron chi connectivity index (χ2n) is 2.30. The van der Waals surface area contributed by atoms with E-state index in [0.717, 1.165) is 6.92 Å². The first-order chi connectivity index (χ1) is 5.37. The average molecular weight is 181 g/mol. The van der Waals surface area contributed by atoms with Gasteiger partial charge in [0.1, 0.15) is 6.54 Å². The second-order valence-corrected chi connectivity index (χ2v) is 2.30. The number of hydrogen-bond acceptors (Lipinski definition) is 1. The topological polar surface area (TPSA) is 20.3 Å². The fourth-order valence-electron chi connectivity index (χ4n) is 0.677. The van der Waals surface area contributed by atoms with E-state index in [1.807, 2.05) is 0 Å². The van der Waals surface area contributed by atoms with Crippen LogP contribution >= 0.6 is 0 Å². The Labute approximate surface area is 68.7 Å². The Hall–Kier alpha value is -1.00.